The van der Waals surface area contributed by atoms with E-state index in [0.29, 0.717) is 30.3 Å². The normalized spacial score (nSPS) is 11.0. The number of urea groups is 1. The van der Waals surface area contributed by atoms with E-state index in [1.54, 1.807) is 6.07 Å². The first kappa shape index (κ1) is 19.1. The third-order valence-electron chi connectivity index (χ3n) is 3.68. The number of rotatable bonds is 6. The van der Waals surface area contributed by atoms with Gasteiger partial charge in [0.25, 0.3) is 0 Å². The van der Waals surface area contributed by atoms with Gasteiger partial charge in [-0.25, -0.2) is 4.79 Å². The lowest BCUT2D eigenvalue weighted by atomic mass is 9.86. The van der Waals surface area contributed by atoms with E-state index in [1.807, 2.05) is 42.5 Å². The second kappa shape index (κ2) is 8.77. The molecule has 0 bridgehead atoms. The Kier molecular flexibility index (Phi) is 6.71. The Hall–Kier alpha value is -2.20. The number of ether oxygens (including phenoxy) is 1. The van der Waals surface area contributed by atoms with Crippen LogP contribution in [0.5, 0.6) is 5.75 Å². The molecule has 0 heterocycles. The van der Waals surface area contributed by atoms with Crippen LogP contribution in [0.25, 0.3) is 0 Å². The summed E-state index contributed by atoms with van der Waals surface area (Å²) in [4.78, 5) is 12.1. The van der Waals surface area contributed by atoms with Crippen molar-refractivity contribution in [1.82, 2.24) is 5.32 Å². The van der Waals surface area contributed by atoms with Crippen molar-refractivity contribution in [1.29, 1.82) is 0 Å². The topological polar surface area (TPSA) is 50.4 Å². The predicted molar refractivity (Wildman–Crippen MR) is 104 cm³/mol. The molecule has 2 N–H and O–H groups in total. The summed E-state index contributed by atoms with van der Waals surface area (Å²) >= 11 is 6.02. The Balaban J connectivity index is 1.76. The molecule has 2 aromatic carbocycles. The van der Waals surface area contributed by atoms with E-state index in [1.165, 1.54) is 0 Å². The number of para-hydroxylation sites is 2. The lowest BCUT2D eigenvalue weighted by Crippen LogP contribution is -2.31. The first-order valence-corrected chi connectivity index (χ1v) is 8.77. The minimum absolute atomic E-state index is 0.0351. The highest BCUT2D eigenvalue weighted by Gasteiger charge is 2.18. The van der Waals surface area contributed by atoms with Gasteiger partial charge in [-0.1, -0.05) is 62.7 Å². The molecule has 0 spiro atoms. The largest absolute Gasteiger partial charge is 0.492 e. The third-order valence-corrected chi connectivity index (χ3v) is 4.00. The monoisotopic (exact) mass is 360 g/mol. The molecule has 0 atom stereocenters. The zero-order valence-electron chi connectivity index (χ0n) is 14.9. The lowest BCUT2D eigenvalue weighted by Gasteiger charge is -2.23. The first-order valence-electron chi connectivity index (χ1n) is 8.39. The Morgan fingerprint density at radius 2 is 1.76 bits per heavy atom. The minimum atomic E-state index is -0.213. The molecule has 2 aromatic rings. The molecule has 4 nitrogen and oxygen atoms in total. The van der Waals surface area contributed by atoms with Crippen molar-refractivity contribution in [2.45, 2.75) is 32.6 Å². The molecule has 0 radical (unpaired) electrons. The number of nitrogens with one attached hydrogen (secondary N) is 2. The maximum absolute atomic E-state index is 12.1. The number of carbonyl (C=O) groups excluding carboxylic acids is 1. The van der Waals surface area contributed by atoms with Crippen molar-refractivity contribution >= 4 is 23.3 Å². The van der Waals surface area contributed by atoms with E-state index in [9.17, 15) is 4.79 Å². The fourth-order valence-electron chi connectivity index (χ4n) is 2.43. The molecule has 0 fully saturated rings. The van der Waals surface area contributed by atoms with E-state index in [2.05, 4.69) is 31.4 Å². The molecule has 0 aliphatic heterocycles. The first-order chi connectivity index (χ1) is 11.9. The molecule has 0 saturated heterocycles. The lowest BCUT2D eigenvalue weighted by molar-refractivity contribution is 0.250. The summed E-state index contributed by atoms with van der Waals surface area (Å²) in [6.45, 7) is 7.38. The minimum Gasteiger partial charge on any atom is -0.492 e. The molecule has 2 amide bonds. The van der Waals surface area contributed by atoms with Crippen LogP contribution in [0, 0.1) is 0 Å². The van der Waals surface area contributed by atoms with Crippen LogP contribution in [0.1, 0.15) is 32.8 Å². The SMILES string of the molecule is CC(C)(C)c1ccccc1NC(=O)NCCCOc1ccccc1Cl. The Bertz CT molecular complexity index is 711. The van der Waals surface area contributed by atoms with Gasteiger partial charge in [0.05, 0.1) is 11.6 Å². The van der Waals surface area contributed by atoms with E-state index < -0.39 is 0 Å². The van der Waals surface area contributed by atoms with E-state index in [-0.39, 0.29) is 11.4 Å². The van der Waals surface area contributed by atoms with Gasteiger partial charge in [0.2, 0.25) is 0 Å². The summed E-state index contributed by atoms with van der Waals surface area (Å²) in [5.41, 5.74) is 1.90. The van der Waals surface area contributed by atoms with Gasteiger partial charge in [-0.3, -0.25) is 0 Å². The molecule has 0 aliphatic rings. The van der Waals surface area contributed by atoms with Crippen molar-refractivity contribution in [3.05, 3.63) is 59.1 Å². The van der Waals surface area contributed by atoms with Crippen molar-refractivity contribution in [2.75, 3.05) is 18.5 Å². The van der Waals surface area contributed by atoms with Crippen molar-refractivity contribution < 1.29 is 9.53 Å². The van der Waals surface area contributed by atoms with Gasteiger partial charge in [0.15, 0.2) is 0 Å². The molecular weight excluding hydrogens is 336 g/mol. The molecule has 0 aliphatic carbocycles. The standard InChI is InChI=1S/C20H25ClN2O2/c1-20(2,3)15-9-4-6-11-17(15)23-19(24)22-13-8-14-25-18-12-7-5-10-16(18)21/h4-7,9-12H,8,13-14H2,1-3H3,(H2,22,23,24). The number of halogens is 1. The van der Waals surface area contributed by atoms with Crippen LogP contribution in [0.4, 0.5) is 10.5 Å². The number of hydrogen-bond donors (Lipinski definition) is 2. The number of amides is 2. The summed E-state index contributed by atoms with van der Waals surface area (Å²) in [7, 11) is 0. The van der Waals surface area contributed by atoms with Crippen molar-refractivity contribution in [2.24, 2.45) is 0 Å². The van der Waals surface area contributed by atoms with Gasteiger partial charge < -0.3 is 15.4 Å². The number of benzene rings is 2. The smallest absolute Gasteiger partial charge is 0.319 e. The average molecular weight is 361 g/mol. The van der Waals surface area contributed by atoms with Crippen LogP contribution in [0.2, 0.25) is 5.02 Å². The Labute approximate surface area is 154 Å². The van der Waals surface area contributed by atoms with E-state index in [4.69, 9.17) is 16.3 Å². The Morgan fingerprint density at radius 1 is 1.08 bits per heavy atom. The van der Waals surface area contributed by atoms with Gasteiger partial charge in [-0.15, -0.1) is 0 Å². The van der Waals surface area contributed by atoms with Crippen LogP contribution in [-0.4, -0.2) is 19.2 Å². The second-order valence-electron chi connectivity index (χ2n) is 6.81. The average Bonchev–Trinajstić information content (AvgIpc) is 2.55. The summed E-state index contributed by atoms with van der Waals surface area (Å²) in [5, 5.41) is 6.36. The quantitative estimate of drug-likeness (QED) is 0.693. The predicted octanol–water partition coefficient (Wildman–Crippen LogP) is 5.23. The van der Waals surface area contributed by atoms with Gasteiger partial charge in [0, 0.05) is 12.2 Å². The Morgan fingerprint density at radius 3 is 2.48 bits per heavy atom. The highest BCUT2D eigenvalue weighted by atomic mass is 35.5. The van der Waals surface area contributed by atoms with Crippen LogP contribution in [0.15, 0.2) is 48.5 Å². The molecule has 2 rings (SSSR count). The maximum atomic E-state index is 12.1. The summed E-state index contributed by atoms with van der Waals surface area (Å²) in [6, 6.07) is 15.0. The van der Waals surface area contributed by atoms with Crippen LogP contribution in [0.3, 0.4) is 0 Å². The molecule has 5 heteroatoms. The zero-order valence-corrected chi connectivity index (χ0v) is 15.7. The van der Waals surface area contributed by atoms with Crippen LogP contribution >= 0.6 is 11.6 Å². The molecule has 0 unspecified atom stereocenters. The number of anilines is 1. The maximum Gasteiger partial charge on any atom is 0.319 e. The van der Waals surface area contributed by atoms with Gasteiger partial charge in [-0.05, 0) is 35.6 Å². The van der Waals surface area contributed by atoms with Crippen LogP contribution < -0.4 is 15.4 Å². The van der Waals surface area contributed by atoms with Gasteiger partial charge in [0.1, 0.15) is 5.75 Å². The number of hydrogen-bond acceptors (Lipinski definition) is 2. The molecular formula is C20H25ClN2O2. The number of carbonyl (C=O) groups is 1. The molecule has 0 aromatic heterocycles. The van der Waals surface area contributed by atoms with Crippen molar-refractivity contribution in [3.63, 3.8) is 0 Å². The van der Waals surface area contributed by atoms with Crippen molar-refractivity contribution in [3.8, 4) is 5.75 Å². The van der Waals surface area contributed by atoms with E-state index >= 15 is 0 Å². The third kappa shape index (κ3) is 5.98. The van der Waals surface area contributed by atoms with Crippen LogP contribution in [-0.2, 0) is 5.41 Å². The fraction of sp³-hybridized carbons (Fsp3) is 0.350. The van der Waals surface area contributed by atoms with Gasteiger partial charge >= 0.3 is 6.03 Å². The highest BCUT2D eigenvalue weighted by molar-refractivity contribution is 6.32. The molecule has 25 heavy (non-hydrogen) atoms. The molecule has 134 valence electrons. The zero-order chi connectivity index (χ0) is 18.3. The van der Waals surface area contributed by atoms with E-state index in [0.717, 1.165) is 11.3 Å². The second-order valence-corrected chi connectivity index (χ2v) is 7.22. The highest BCUT2D eigenvalue weighted by Crippen LogP contribution is 2.29. The molecule has 0 saturated carbocycles. The summed E-state index contributed by atoms with van der Waals surface area (Å²) in [5.74, 6) is 0.660. The fourth-order valence-corrected chi connectivity index (χ4v) is 2.62. The summed E-state index contributed by atoms with van der Waals surface area (Å²) < 4.78 is 5.60. The van der Waals surface area contributed by atoms with Gasteiger partial charge in [-0.2, -0.15) is 0 Å². The summed E-state index contributed by atoms with van der Waals surface area (Å²) in [6.07, 6.45) is 0.694.